The Balaban J connectivity index is 1.73. The molecule has 26 heavy (non-hydrogen) atoms. The molecule has 2 unspecified atom stereocenters. The molecule has 0 radical (unpaired) electrons. The fourth-order valence-electron chi connectivity index (χ4n) is 3.46. The molecule has 3 rings (SSSR count). The quantitative estimate of drug-likeness (QED) is 0.876. The highest BCUT2D eigenvalue weighted by atomic mass is 32.2. The van der Waals surface area contributed by atoms with Gasteiger partial charge in [0.05, 0.1) is 18.0 Å². The summed E-state index contributed by atoms with van der Waals surface area (Å²) in [6.45, 7) is 2.41. The van der Waals surface area contributed by atoms with E-state index in [1.807, 2.05) is 55.5 Å². The second-order valence-electron chi connectivity index (χ2n) is 6.82. The number of amides is 1. The lowest BCUT2D eigenvalue weighted by molar-refractivity contribution is -0.122. The van der Waals surface area contributed by atoms with Crippen molar-refractivity contribution in [3.05, 3.63) is 65.7 Å². The second-order valence-corrected chi connectivity index (χ2v) is 8.73. The summed E-state index contributed by atoms with van der Waals surface area (Å²) in [6.07, 6.45) is 2.18. The van der Waals surface area contributed by atoms with Crippen LogP contribution in [0.2, 0.25) is 0 Å². The van der Waals surface area contributed by atoms with Crippen molar-refractivity contribution in [2.45, 2.75) is 31.7 Å². The van der Waals surface area contributed by atoms with E-state index in [9.17, 15) is 13.2 Å². The molecule has 2 aromatic rings. The lowest BCUT2D eigenvalue weighted by Gasteiger charge is -2.34. The van der Waals surface area contributed by atoms with Crippen molar-refractivity contribution < 1.29 is 13.2 Å². The van der Waals surface area contributed by atoms with Crippen LogP contribution in [0, 0.1) is 0 Å². The number of nitrogens with zero attached hydrogens (tertiary/aromatic N) is 1. The van der Waals surface area contributed by atoms with E-state index in [0.717, 1.165) is 11.1 Å². The molecule has 1 amide bonds. The molecule has 6 heteroatoms. The Labute approximate surface area is 155 Å². The highest BCUT2D eigenvalue weighted by Crippen LogP contribution is 2.35. The van der Waals surface area contributed by atoms with Crippen LogP contribution in [0.4, 0.5) is 5.69 Å². The molecule has 5 nitrogen and oxygen atoms in total. The third-order valence-electron chi connectivity index (χ3n) is 4.80. The van der Waals surface area contributed by atoms with Crippen LogP contribution in [0.15, 0.2) is 54.6 Å². The Hall–Kier alpha value is -2.34. The molecule has 0 saturated carbocycles. The van der Waals surface area contributed by atoms with Gasteiger partial charge in [-0.2, -0.15) is 0 Å². The molecule has 1 aliphatic heterocycles. The Kier molecular flexibility index (Phi) is 5.32. The van der Waals surface area contributed by atoms with E-state index in [2.05, 4.69) is 5.32 Å². The van der Waals surface area contributed by atoms with E-state index in [1.165, 1.54) is 10.6 Å². The number of para-hydroxylation sites is 1. The van der Waals surface area contributed by atoms with Crippen LogP contribution in [0.1, 0.15) is 42.9 Å². The number of sulfonamides is 1. The summed E-state index contributed by atoms with van der Waals surface area (Å²) in [5.74, 6) is 0.108. The highest BCUT2D eigenvalue weighted by molar-refractivity contribution is 7.92. The molecule has 1 N–H and O–H groups in total. The fraction of sp³-hybridized carbons (Fsp3) is 0.350. The zero-order valence-corrected chi connectivity index (χ0v) is 15.9. The average molecular weight is 372 g/mol. The van der Waals surface area contributed by atoms with E-state index < -0.39 is 10.0 Å². The number of fused-ring (bicyclic) bond motifs is 1. The first-order valence-electron chi connectivity index (χ1n) is 8.77. The van der Waals surface area contributed by atoms with Gasteiger partial charge in [0.1, 0.15) is 0 Å². The van der Waals surface area contributed by atoms with Gasteiger partial charge in [-0.1, -0.05) is 55.5 Å². The van der Waals surface area contributed by atoms with Crippen molar-refractivity contribution >= 4 is 21.6 Å². The number of hydrogen-bond donors (Lipinski definition) is 1. The molecule has 0 aromatic heterocycles. The van der Waals surface area contributed by atoms with Crippen LogP contribution in [-0.4, -0.2) is 27.1 Å². The number of nitrogens with one attached hydrogen (secondary N) is 1. The van der Waals surface area contributed by atoms with E-state index in [4.69, 9.17) is 0 Å². The minimum absolute atomic E-state index is 0.0195. The SMILES string of the molecule is CC(CC(=O)NC1CCN(S(C)(=O)=O)c2ccccc21)c1ccccc1. The summed E-state index contributed by atoms with van der Waals surface area (Å²) in [5.41, 5.74) is 2.64. The summed E-state index contributed by atoms with van der Waals surface area (Å²) in [4.78, 5) is 12.5. The van der Waals surface area contributed by atoms with Gasteiger partial charge >= 0.3 is 0 Å². The van der Waals surface area contributed by atoms with Gasteiger partial charge in [-0.25, -0.2) is 8.42 Å². The summed E-state index contributed by atoms with van der Waals surface area (Å²) in [6, 6.07) is 17.2. The average Bonchev–Trinajstić information content (AvgIpc) is 2.61. The lowest BCUT2D eigenvalue weighted by Crippen LogP contribution is -2.40. The van der Waals surface area contributed by atoms with E-state index >= 15 is 0 Å². The van der Waals surface area contributed by atoms with E-state index in [1.54, 1.807) is 6.07 Å². The number of carbonyl (C=O) groups is 1. The topological polar surface area (TPSA) is 66.5 Å². The summed E-state index contributed by atoms with van der Waals surface area (Å²) < 4.78 is 25.5. The van der Waals surface area contributed by atoms with Crippen molar-refractivity contribution in [3.63, 3.8) is 0 Å². The van der Waals surface area contributed by atoms with Crippen LogP contribution in [0.3, 0.4) is 0 Å². The first kappa shape index (κ1) is 18.5. The zero-order valence-electron chi connectivity index (χ0n) is 15.1. The van der Waals surface area contributed by atoms with Crippen molar-refractivity contribution in [3.8, 4) is 0 Å². The molecule has 1 heterocycles. The number of anilines is 1. The maximum atomic E-state index is 12.5. The number of rotatable bonds is 5. The van der Waals surface area contributed by atoms with Gasteiger partial charge in [0, 0.05) is 13.0 Å². The molecule has 0 aliphatic carbocycles. The fourth-order valence-corrected chi connectivity index (χ4v) is 4.42. The molecule has 0 spiro atoms. The van der Waals surface area contributed by atoms with Crippen LogP contribution < -0.4 is 9.62 Å². The molecule has 2 atom stereocenters. The molecule has 0 fully saturated rings. The lowest BCUT2D eigenvalue weighted by atomic mass is 9.95. The molecule has 0 saturated heterocycles. The Bertz CT molecular complexity index is 881. The normalized spacial score (nSPS) is 18.1. The Morgan fingerprint density at radius 3 is 2.50 bits per heavy atom. The standard InChI is InChI=1S/C20H24N2O3S/c1-15(16-8-4-3-5-9-16)14-20(23)21-18-12-13-22(26(2,24)25)19-11-7-6-10-17(18)19/h3-11,15,18H,12-14H2,1-2H3,(H,21,23). The van der Waals surface area contributed by atoms with Crippen LogP contribution in [0.25, 0.3) is 0 Å². The maximum Gasteiger partial charge on any atom is 0.232 e. The van der Waals surface area contributed by atoms with Gasteiger partial charge in [-0.3, -0.25) is 9.10 Å². The third kappa shape index (κ3) is 4.07. The first-order valence-corrected chi connectivity index (χ1v) is 10.6. The first-order chi connectivity index (χ1) is 12.4. The highest BCUT2D eigenvalue weighted by Gasteiger charge is 2.30. The van der Waals surface area contributed by atoms with Crippen molar-refractivity contribution in [2.24, 2.45) is 0 Å². The number of carbonyl (C=O) groups excluding carboxylic acids is 1. The summed E-state index contributed by atoms with van der Waals surface area (Å²) in [7, 11) is -3.33. The summed E-state index contributed by atoms with van der Waals surface area (Å²) >= 11 is 0. The monoisotopic (exact) mass is 372 g/mol. The zero-order chi connectivity index (χ0) is 18.7. The van der Waals surface area contributed by atoms with Gasteiger partial charge in [-0.05, 0) is 29.5 Å². The molecule has 1 aliphatic rings. The van der Waals surface area contributed by atoms with Crippen molar-refractivity contribution in [1.82, 2.24) is 5.32 Å². The van der Waals surface area contributed by atoms with Crippen molar-refractivity contribution in [2.75, 3.05) is 17.1 Å². The summed E-state index contributed by atoms with van der Waals surface area (Å²) in [5, 5.41) is 3.09. The largest absolute Gasteiger partial charge is 0.349 e. The Morgan fingerprint density at radius 1 is 1.15 bits per heavy atom. The van der Waals surface area contributed by atoms with E-state index in [0.29, 0.717) is 25.1 Å². The molecule has 138 valence electrons. The maximum absolute atomic E-state index is 12.5. The molecule has 0 bridgehead atoms. The third-order valence-corrected chi connectivity index (χ3v) is 5.98. The minimum atomic E-state index is -3.33. The van der Waals surface area contributed by atoms with Gasteiger partial charge in [-0.15, -0.1) is 0 Å². The van der Waals surface area contributed by atoms with E-state index in [-0.39, 0.29) is 17.9 Å². The predicted octanol–water partition coefficient (Wildman–Crippen LogP) is 3.21. The van der Waals surface area contributed by atoms with Crippen LogP contribution in [0.5, 0.6) is 0 Å². The number of hydrogen-bond acceptors (Lipinski definition) is 3. The van der Waals surface area contributed by atoms with Gasteiger partial charge < -0.3 is 5.32 Å². The molecular weight excluding hydrogens is 348 g/mol. The number of benzene rings is 2. The van der Waals surface area contributed by atoms with Gasteiger partial charge in [0.2, 0.25) is 15.9 Å². The molecule has 2 aromatic carbocycles. The van der Waals surface area contributed by atoms with Gasteiger partial charge in [0.25, 0.3) is 0 Å². The second kappa shape index (κ2) is 7.50. The van der Waals surface area contributed by atoms with Crippen molar-refractivity contribution in [1.29, 1.82) is 0 Å². The minimum Gasteiger partial charge on any atom is -0.349 e. The van der Waals surface area contributed by atoms with Gasteiger partial charge in [0.15, 0.2) is 0 Å². The Morgan fingerprint density at radius 2 is 1.81 bits per heavy atom. The molecular formula is C20H24N2O3S. The van der Waals surface area contributed by atoms with Crippen LogP contribution >= 0.6 is 0 Å². The van der Waals surface area contributed by atoms with Crippen LogP contribution in [-0.2, 0) is 14.8 Å². The predicted molar refractivity (Wildman–Crippen MR) is 104 cm³/mol. The smallest absolute Gasteiger partial charge is 0.232 e.